The first-order valence-corrected chi connectivity index (χ1v) is 6.17. The molecular formula is C16H13NO3. The van der Waals surface area contributed by atoms with Crippen molar-refractivity contribution in [2.45, 2.75) is 6.92 Å². The molecule has 4 nitrogen and oxygen atoms in total. The molecule has 0 unspecified atom stereocenters. The molecule has 0 aliphatic carbocycles. The molecule has 0 aliphatic rings. The molecule has 1 N–H and O–H groups in total. The summed E-state index contributed by atoms with van der Waals surface area (Å²) in [5.41, 5.74) is 0.507. The molecule has 0 aliphatic heterocycles. The van der Waals surface area contributed by atoms with E-state index in [0.717, 1.165) is 5.39 Å². The largest absolute Gasteiger partial charge is 0.507 e. The van der Waals surface area contributed by atoms with Crippen molar-refractivity contribution < 1.29 is 14.6 Å². The summed E-state index contributed by atoms with van der Waals surface area (Å²) in [6.07, 6.45) is 1.43. The number of esters is 1. The lowest BCUT2D eigenvalue weighted by molar-refractivity contribution is -0.137. The summed E-state index contributed by atoms with van der Waals surface area (Å²) in [4.78, 5) is 11.6. The Labute approximate surface area is 116 Å². The van der Waals surface area contributed by atoms with Gasteiger partial charge in [0, 0.05) is 5.39 Å². The third-order valence-corrected chi connectivity index (χ3v) is 2.83. The van der Waals surface area contributed by atoms with Crippen LogP contribution < -0.4 is 0 Å². The Balaban J connectivity index is 2.58. The number of ether oxygens (including phenoxy) is 1. The van der Waals surface area contributed by atoms with Gasteiger partial charge in [0.2, 0.25) is 0 Å². The predicted octanol–water partition coefficient (Wildman–Crippen LogP) is 3.02. The minimum atomic E-state index is -0.664. The number of aromatic hydroxyl groups is 1. The van der Waals surface area contributed by atoms with E-state index >= 15 is 0 Å². The van der Waals surface area contributed by atoms with Crippen LogP contribution >= 0.6 is 0 Å². The van der Waals surface area contributed by atoms with E-state index in [0.29, 0.717) is 10.9 Å². The summed E-state index contributed by atoms with van der Waals surface area (Å²) in [5, 5.41) is 20.4. The quantitative estimate of drug-likeness (QED) is 0.527. The van der Waals surface area contributed by atoms with Crippen molar-refractivity contribution in [3.8, 4) is 11.8 Å². The highest BCUT2D eigenvalue weighted by atomic mass is 16.5. The van der Waals surface area contributed by atoms with E-state index in [9.17, 15) is 9.90 Å². The Kier molecular flexibility index (Phi) is 4.02. The third kappa shape index (κ3) is 2.62. The fourth-order valence-electron chi connectivity index (χ4n) is 1.97. The smallest absolute Gasteiger partial charge is 0.348 e. The first-order chi connectivity index (χ1) is 9.67. The molecule has 0 saturated carbocycles. The van der Waals surface area contributed by atoms with E-state index in [1.165, 1.54) is 6.08 Å². The first-order valence-electron chi connectivity index (χ1n) is 6.17. The van der Waals surface area contributed by atoms with Gasteiger partial charge in [-0.05, 0) is 30.0 Å². The number of rotatable bonds is 3. The first kappa shape index (κ1) is 13.6. The van der Waals surface area contributed by atoms with E-state index in [1.807, 2.05) is 18.2 Å². The average Bonchev–Trinajstić information content (AvgIpc) is 2.45. The van der Waals surface area contributed by atoms with E-state index in [4.69, 9.17) is 10.00 Å². The van der Waals surface area contributed by atoms with Crippen LogP contribution in [0.1, 0.15) is 12.5 Å². The molecule has 0 amide bonds. The highest BCUT2D eigenvalue weighted by Crippen LogP contribution is 2.29. The summed E-state index contributed by atoms with van der Waals surface area (Å²) < 4.78 is 4.82. The van der Waals surface area contributed by atoms with Gasteiger partial charge in [-0.25, -0.2) is 4.79 Å². The predicted molar refractivity (Wildman–Crippen MR) is 75.8 cm³/mol. The van der Waals surface area contributed by atoms with Gasteiger partial charge in [0.25, 0.3) is 0 Å². The maximum absolute atomic E-state index is 11.6. The molecule has 0 aromatic heterocycles. The van der Waals surface area contributed by atoms with Crippen LogP contribution in [0.2, 0.25) is 0 Å². The molecule has 2 aromatic carbocycles. The van der Waals surface area contributed by atoms with Gasteiger partial charge in [-0.2, -0.15) is 5.26 Å². The Morgan fingerprint density at radius 3 is 2.70 bits per heavy atom. The van der Waals surface area contributed by atoms with Crippen molar-refractivity contribution >= 4 is 22.8 Å². The fourth-order valence-corrected chi connectivity index (χ4v) is 1.97. The molecule has 4 heteroatoms. The van der Waals surface area contributed by atoms with Gasteiger partial charge < -0.3 is 9.84 Å². The summed E-state index contributed by atoms with van der Waals surface area (Å²) in [6.45, 7) is 1.88. The molecule has 0 atom stereocenters. The van der Waals surface area contributed by atoms with Crippen molar-refractivity contribution in [3.05, 3.63) is 47.5 Å². The Morgan fingerprint density at radius 1 is 1.35 bits per heavy atom. The lowest BCUT2D eigenvalue weighted by atomic mass is 10.0. The zero-order valence-electron chi connectivity index (χ0n) is 11.0. The standard InChI is InChI=1S/C16H13NO3/c1-2-20-16(19)13(10-17)9-12-7-3-5-11-6-4-8-14(18)15(11)12/h3-9,18H,2H2,1H3/b13-9+. The van der Waals surface area contributed by atoms with Crippen LogP contribution in [0.5, 0.6) is 5.75 Å². The van der Waals surface area contributed by atoms with Crippen LogP contribution in [0.15, 0.2) is 42.0 Å². The number of carbonyl (C=O) groups is 1. The lowest BCUT2D eigenvalue weighted by Crippen LogP contribution is -2.06. The van der Waals surface area contributed by atoms with Crippen molar-refractivity contribution in [2.75, 3.05) is 6.61 Å². The SMILES string of the molecule is CCOC(=O)/C(C#N)=C/c1cccc2cccc(O)c12. The van der Waals surface area contributed by atoms with Gasteiger partial charge in [0.1, 0.15) is 17.4 Å². The summed E-state index contributed by atoms with van der Waals surface area (Å²) in [7, 11) is 0. The normalized spacial score (nSPS) is 11.1. The maximum Gasteiger partial charge on any atom is 0.348 e. The number of fused-ring (bicyclic) bond motifs is 1. The van der Waals surface area contributed by atoms with Crippen LogP contribution in [-0.2, 0) is 9.53 Å². The summed E-state index contributed by atoms with van der Waals surface area (Å²) in [6, 6.07) is 12.4. The van der Waals surface area contributed by atoms with E-state index in [1.54, 1.807) is 31.2 Å². The highest BCUT2D eigenvalue weighted by Gasteiger charge is 2.11. The van der Waals surface area contributed by atoms with E-state index in [2.05, 4.69) is 0 Å². The van der Waals surface area contributed by atoms with Gasteiger partial charge >= 0.3 is 5.97 Å². The molecule has 0 heterocycles. The van der Waals surface area contributed by atoms with Crippen molar-refractivity contribution in [1.82, 2.24) is 0 Å². The van der Waals surface area contributed by atoms with E-state index < -0.39 is 5.97 Å². The minimum absolute atomic E-state index is 0.0948. The number of benzene rings is 2. The average molecular weight is 267 g/mol. The number of phenols is 1. The van der Waals surface area contributed by atoms with Crippen LogP contribution in [0.25, 0.3) is 16.8 Å². The Hall–Kier alpha value is -2.80. The van der Waals surface area contributed by atoms with Crippen molar-refractivity contribution in [1.29, 1.82) is 5.26 Å². The van der Waals surface area contributed by atoms with Crippen molar-refractivity contribution in [3.63, 3.8) is 0 Å². The number of nitrogens with zero attached hydrogens (tertiary/aromatic N) is 1. The van der Waals surface area contributed by atoms with Crippen LogP contribution in [0, 0.1) is 11.3 Å². The number of carbonyl (C=O) groups excluding carboxylic acids is 1. The second-order valence-electron chi connectivity index (χ2n) is 4.11. The molecule has 0 spiro atoms. The molecule has 0 radical (unpaired) electrons. The van der Waals surface area contributed by atoms with Gasteiger partial charge in [0.15, 0.2) is 0 Å². The molecular weight excluding hydrogens is 254 g/mol. The lowest BCUT2D eigenvalue weighted by Gasteiger charge is -2.05. The molecule has 0 saturated heterocycles. The second-order valence-corrected chi connectivity index (χ2v) is 4.11. The summed E-state index contributed by atoms with van der Waals surface area (Å²) >= 11 is 0. The molecule has 0 fully saturated rings. The maximum atomic E-state index is 11.6. The monoisotopic (exact) mass is 267 g/mol. The molecule has 2 aromatic rings. The van der Waals surface area contributed by atoms with Crippen molar-refractivity contribution in [2.24, 2.45) is 0 Å². The second kappa shape index (κ2) is 5.89. The summed E-state index contributed by atoms with van der Waals surface area (Å²) in [5.74, 6) is -0.557. The zero-order chi connectivity index (χ0) is 14.5. The fraction of sp³-hybridized carbons (Fsp3) is 0.125. The van der Waals surface area contributed by atoms with Crippen LogP contribution in [-0.4, -0.2) is 17.7 Å². The number of nitriles is 1. The van der Waals surface area contributed by atoms with Gasteiger partial charge in [0.05, 0.1) is 6.61 Å². The van der Waals surface area contributed by atoms with Gasteiger partial charge in [-0.15, -0.1) is 0 Å². The number of hydrogen-bond donors (Lipinski definition) is 1. The molecule has 100 valence electrons. The molecule has 0 bridgehead atoms. The Morgan fingerprint density at radius 2 is 2.05 bits per heavy atom. The molecule has 2 rings (SSSR count). The van der Waals surface area contributed by atoms with Crippen LogP contribution in [0.3, 0.4) is 0 Å². The number of hydrogen-bond acceptors (Lipinski definition) is 4. The zero-order valence-corrected chi connectivity index (χ0v) is 11.0. The topological polar surface area (TPSA) is 70.3 Å². The third-order valence-electron chi connectivity index (χ3n) is 2.83. The number of phenolic OH excluding ortho intramolecular Hbond substituents is 1. The molecule has 20 heavy (non-hydrogen) atoms. The van der Waals surface area contributed by atoms with Gasteiger partial charge in [-0.3, -0.25) is 0 Å². The highest BCUT2D eigenvalue weighted by molar-refractivity contribution is 6.02. The van der Waals surface area contributed by atoms with Crippen LogP contribution in [0.4, 0.5) is 0 Å². The van der Waals surface area contributed by atoms with Gasteiger partial charge in [-0.1, -0.05) is 30.3 Å². The Bertz CT molecular complexity index is 721. The minimum Gasteiger partial charge on any atom is -0.507 e. The van der Waals surface area contributed by atoms with E-state index in [-0.39, 0.29) is 17.9 Å².